The van der Waals surface area contributed by atoms with Gasteiger partial charge in [0.05, 0.1) is 6.54 Å². The summed E-state index contributed by atoms with van der Waals surface area (Å²) < 4.78 is 0. The molecule has 0 aliphatic carbocycles. The van der Waals surface area contributed by atoms with Gasteiger partial charge in [0.1, 0.15) is 0 Å². The molecule has 0 bridgehead atoms. The third kappa shape index (κ3) is 5.54. The number of hydrogen-bond donors (Lipinski definition) is 2. The Kier molecular flexibility index (Phi) is 6.96. The van der Waals surface area contributed by atoms with Crippen molar-refractivity contribution in [1.29, 1.82) is 0 Å². The number of benzene rings is 1. The van der Waals surface area contributed by atoms with Gasteiger partial charge in [0.15, 0.2) is 5.60 Å². The molecule has 25 heavy (non-hydrogen) atoms. The summed E-state index contributed by atoms with van der Waals surface area (Å²) in [5.41, 5.74) is -0.138. The molecule has 1 aromatic rings. The minimum Gasteiger partial charge on any atom is -0.379 e. The van der Waals surface area contributed by atoms with Gasteiger partial charge < -0.3 is 15.3 Å². The fourth-order valence-electron chi connectivity index (χ4n) is 3.37. The third-order valence-corrected chi connectivity index (χ3v) is 4.66. The number of likely N-dealkylation sites (N-methyl/N-ethyl adjacent to an activating group) is 2. The van der Waals surface area contributed by atoms with Crippen LogP contribution in [0.15, 0.2) is 30.3 Å². The van der Waals surface area contributed by atoms with Crippen LogP contribution in [-0.4, -0.2) is 72.6 Å². The highest BCUT2D eigenvalue weighted by atomic mass is 16.3. The van der Waals surface area contributed by atoms with E-state index in [0.29, 0.717) is 19.5 Å². The molecule has 1 heterocycles. The molecule has 0 spiro atoms. The molecule has 2 amide bonds. The van der Waals surface area contributed by atoms with Gasteiger partial charge in [0, 0.05) is 26.7 Å². The Bertz CT molecular complexity index is 579. The van der Waals surface area contributed by atoms with Crippen LogP contribution in [0.25, 0.3) is 0 Å². The lowest BCUT2D eigenvalue weighted by molar-refractivity contribution is -0.159. The molecule has 0 aromatic heterocycles. The summed E-state index contributed by atoms with van der Waals surface area (Å²) in [7, 11) is 3.32. The Labute approximate surface area is 149 Å². The van der Waals surface area contributed by atoms with Gasteiger partial charge in [-0.15, -0.1) is 0 Å². The maximum Gasteiger partial charge on any atom is 0.255 e. The van der Waals surface area contributed by atoms with Gasteiger partial charge in [-0.1, -0.05) is 30.3 Å². The van der Waals surface area contributed by atoms with E-state index in [2.05, 4.69) is 17.4 Å². The van der Waals surface area contributed by atoms with Crippen molar-refractivity contribution in [2.75, 3.05) is 40.3 Å². The van der Waals surface area contributed by atoms with Crippen molar-refractivity contribution >= 4 is 11.8 Å². The second kappa shape index (κ2) is 8.97. The van der Waals surface area contributed by atoms with Crippen LogP contribution >= 0.6 is 0 Å². The number of amides is 2. The average Bonchev–Trinajstić information content (AvgIpc) is 2.59. The SMILES string of the molecule is CNC(=O)CN(C)C[C@]1(O)CCCN(CCCc2ccccc2)C1=O. The summed E-state index contributed by atoms with van der Waals surface area (Å²) in [5, 5.41) is 13.4. The Morgan fingerprint density at radius 2 is 2.08 bits per heavy atom. The monoisotopic (exact) mass is 347 g/mol. The number of nitrogens with zero attached hydrogens (tertiary/aromatic N) is 2. The Balaban J connectivity index is 1.87. The van der Waals surface area contributed by atoms with E-state index in [1.807, 2.05) is 18.2 Å². The van der Waals surface area contributed by atoms with Crippen LogP contribution in [-0.2, 0) is 16.0 Å². The smallest absolute Gasteiger partial charge is 0.255 e. The van der Waals surface area contributed by atoms with E-state index in [9.17, 15) is 14.7 Å². The van der Waals surface area contributed by atoms with Gasteiger partial charge in [-0.05, 0) is 38.3 Å². The van der Waals surface area contributed by atoms with Crippen LogP contribution in [0.1, 0.15) is 24.8 Å². The largest absolute Gasteiger partial charge is 0.379 e. The fourth-order valence-corrected chi connectivity index (χ4v) is 3.37. The zero-order valence-electron chi connectivity index (χ0n) is 15.2. The first kappa shape index (κ1) is 19.4. The molecule has 1 atom stereocenters. The summed E-state index contributed by atoms with van der Waals surface area (Å²) in [5.74, 6) is -0.343. The van der Waals surface area contributed by atoms with E-state index in [4.69, 9.17) is 0 Å². The van der Waals surface area contributed by atoms with Crippen molar-refractivity contribution in [3.63, 3.8) is 0 Å². The molecule has 0 saturated carbocycles. The molecule has 1 saturated heterocycles. The van der Waals surface area contributed by atoms with Crippen molar-refractivity contribution in [2.45, 2.75) is 31.3 Å². The lowest BCUT2D eigenvalue weighted by atomic mass is 9.91. The van der Waals surface area contributed by atoms with Crippen LogP contribution in [0, 0.1) is 0 Å². The van der Waals surface area contributed by atoms with Crippen molar-refractivity contribution in [3.05, 3.63) is 35.9 Å². The van der Waals surface area contributed by atoms with Gasteiger partial charge in [-0.2, -0.15) is 0 Å². The number of likely N-dealkylation sites (tertiary alicyclic amines) is 1. The molecule has 0 radical (unpaired) electrons. The number of carbonyl (C=O) groups is 2. The predicted molar refractivity (Wildman–Crippen MR) is 97.1 cm³/mol. The molecule has 1 aliphatic rings. The van der Waals surface area contributed by atoms with E-state index < -0.39 is 5.60 Å². The van der Waals surface area contributed by atoms with Crippen molar-refractivity contribution in [2.24, 2.45) is 0 Å². The molecule has 138 valence electrons. The lowest BCUT2D eigenvalue weighted by Gasteiger charge is -2.40. The molecule has 1 aromatic carbocycles. The second-order valence-electron chi connectivity index (χ2n) is 6.86. The number of aryl methyl sites for hydroxylation is 1. The summed E-state index contributed by atoms with van der Waals surface area (Å²) >= 11 is 0. The summed E-state index contributed by atoms with van der Waals surface area (Å²) in [6, 6.07) is 10.2. The average molecular weight is 347 g/mol. The van der Waals surface area contributed by atoms with E-state index in [1.54, 1.807) is 23.9 Å². The Morgan fingerprint density at radius 3 is 2.76 bits per heavy atom. The van der Waals surface area contributed by atoms with Crippen LogP contribution in [0.5, 0.6) is 0 Å². The van der Waals surface area contributed by atoms with Crippen LogP contribution in [0.2, 0.25) is 0 Å². The molecule has 1 aliphatic heterocycles. The van der Waals surface area contributed by atoms with Crippen molar-refractivity contribution < 1.29 is 14.7 Å². The highest BCUT2D eigenvalue weighted by Crippen LogP contribution is 2.24. The van der Waals surface area contributed by atoms with E-state index in [-0.39, 0.29) is 24.9 Å². The van der Waals surface area contributed by atoms with Crippen molar-refractivity contribution in [1.82, 2.24) is 15.1 Å². The van der Waals surface area contributed by atoms with Crippen molar-refractivity contribution in [3.8, 4) is 0 Å². The summed E-state index contributed by atoms with van der Waals surface area (Å²) in [4.78, 5) is 27.7. The third-order valence-electron chi connectivity index (χ3n) is 4.66. The van der Waals surface area contributed by atoms with E-state index in [0.717, 1.165) is 19.3 Å². The number of rotatable bonds is 8. The molecular formula is C19H29N3O3. The number of piperidine rings is 1. The maximum absolute atomic E-state index is 12.7. The predicted octanol–water partition coefficient (Wildman–Crippen LogP) is 0.651. The second-order valence-corrected chi connectivity index (χ2v) is 6.86. The first-order chi connectivity index (χ1) is 11.9. The minimum absolute atomic E-state index is 0.130. The van der Waals surface area contributed by atoms with Gasteiger partial charge in [-0.25, -0.2) is 0 Å². The lowest BCUT2D eigenvalue weighted by Crippen LogP contribution is -2.58. The van der Waals surface area contributed by atoms with Crippen LogP contribution in [0.3, 0.4) is 0 Å². The standard InChI is InChI=1S/C19H29N3O3/c1-20-17(23)14-21(2)15-19(25)11-7-13-22(18(19)24)12-6-10-16-8-4-3-5-9-16/h3-5,8-9,25H,6-7,10-15H2,1-2H3,(H,20,23)/t19-/m1/s1. The number of carbonyl (C=O) groups excluding carboxylic acids is 2. The first-order valence-electron chi connectivity index (χ1n) is 8.89. The minimum atomic E-state index is -1.40. The topological polar surface area (TPSA) is 72.9 Å². The van der Waals surface area contributed by atoms with Crippen LogP contribution in [0.4, 0.5) is 0 Å². The molecular weight excluding hydrogens is 318 g/mol. The van der Waals surface area contributed by atoms with Gasteiger partial charge >= 0.3 is 0 Å². The van der Waals surface area contributed by atoms with Gasteiger partial charge in [-0.3, -0.25) is 14.5 Å². The quantitative estimate of drug-likeness (QED) is 0.724. The van der Waals surface area contributed by atoms with E-state index >= 15 is 0 Å². The normalized spacial score (nSPS) is 20.8. The zero-order chi connectivity index (χ0) is 18.3. The summed E-state index contributed by atoms with van der Waals surface area (Å²) in [6.07, 6.45) is 3.01. The Morgan fingerprint density at radius 1 is 1.36 bits per heavy atom. The molecule has 2 N–H and O–H groups in total. The fraction of sp³-hybridized carbons (Fsp3) is 0.579. The Hall–Kier alpha value is -1.92. The highest BCUT2D eigenvalue weighted by Gasteiger charge is 2.42. The number of aliphatic hydroxyl groups is 1. The zero-order valence-corrected chi connectivity index (χ0v) is 15.2. The summed E-state index contributed by atoms with van der Waals surface area (Å²) in [6.45, 7) is 1.68. The number of nitrogens with one attached hydrogen (secondary N) is 1. The molecule has 2 rings (SSSR count). The van der Waals surface area contributed by atoms with Crippen LogP contribution < -0.4 is 5.32 Å². The maximum atomic E-state index is 12.7. The van der Waals surface area contributed by atoms with E-state index in [1.165, 1.54) is 5.56 Å². The van der Waals surface area contributed by atoms with Gasteiger partial charge in [0.2, 0.25) is 5.91 Å². The molecule has 0 unspecified atom stereocenters. The number of hydrogen-bond acceptors (Lipinski definition) is 4. The molecule has 6 heteroatoms. The molecule has 6 nitrogen and oxygen atoms in total. The first-order valence-corrected chi connectivity index (χ1v) is 8.89. The molecule has 1 fully saturated rings. The highest BCUT2D eigenvalue weighted by molar-refractivity contribution is 5.86. The van der Waals surface area contributed by atoms with Gasteiger partial charge in [0.25, 0.3) is 5.91 Å².